The maximum absolute atomic E-state index is 13.1. The Bertz CT molecular complexity index is 1330. The molecule has 0 bridgehead atoms. The fourth-order valence-corrected chi connectivity index (χ4v) is 6.13. The molecule has 224 valence electrons. The number of hydrogen-bond acceptors (Lipinski definition) is 10. The van der Waals surface area contributed by atoms with Crippen molar-refractivity contribution in [1.29, 1.82) is 0 Å². The number of carbonyl (C=O) groups is 2. The number of rotatable bonds is 11. The minimum absolute atomic E-state index is 0.202. The zero-order valence-corrected chi connectivity index (χ0v) is 25.2. The second-order valence-electron chi connectivity index (χ2n) is 10.6. The Hall–Kier alpha value is -3.41. The van der Waals surface area contributed by atoms with E-state index in [2.05, 4.69) is 39.0 Å². The van der Waals surface area contributed by atoms with Crippen LogP contribution < -0.4 is 4.90 Å². The van der Waals surface area contributed by atoms with Crippen molar-refractivity contribution >= 4 is 29.5 Å². The van der Waals surface area contributed by atoms with E-state index < -0.39 is 0 Å². The minimum Gasteiger partial charge on any atom is -0.466 e. The number of thioether (sulfide) groups is 1. The van der Waals surface area contributed by atoms with Crippen LogP contribution in [0.15, 0.2) is 58.1 Å². The molecule has 1 atom stereocenters. The first kappa shape index (κ1) is 30.1. The number of ether oxygens (including phenoxy) is 2. The van der Waals surface area contributed by atoms with Gasteiger partial charge in [-0.1, -0.05) is 42.1 Å². The molecule has 0 N–H and O–H groups in total. The lowest BCUT2D eigenvalue weighted by Crippen LogP contribution is -2.46. The molecule has 1 aromatic carbocycles. The zero-order valence-electron chi connectivity index (χ0n) is 24.4. The topological polar surface area (TPSA) is 101 Å². The van der Waals surface area contributed by atoms with Gasteiger partial charge in [-0.3, -0.25) is 14.5 Å². The molecule has 42 heavy (non-hydrogen) atoms. The van der Waals surface area contributed by atoms with Gasteiger partial charge in [-0.15, -0.1) is 0 Å². The third-order valence-electron chi connectivity index (χ3n) is 7.53. The maximum atomic E-state index is 13.1. The van der Waals surface area contributed by atoms with Gasteiger partial charge < -0.3 is 23.7 Å². The molecule has 1 amide bonds. The van der Waals surface area contributed by atoms with E-state index in [1.807, 2.05) is 18.2 Å². The summed E-state index contributed by atoms with van der Waals surface area (Å²) >= 11 is 1.47. The summed E-state index contributed by atoms with van der Waals surface area (Å²) in [7, 11) is 1.66. The van der Waals surface area contributed by atoms with Gasteiger partial charge >= 0.3 is 5.97 Å². The molecule has 11 heteroatoms. The summed E-state index contributed by atoms with van der Waals surface area (Å²) in [4.78, 5) is 41.3. The molecule has 2 aliphatic rings. The van der Waals surface area contributed by atoms with Crippen LogP contribution in [-0.2, 0) is 33.2 Å². The molecule has 2 saturated heterocycles. The predicted molar refractivity (Wildman–Crippen MR) is 160 cm³/mol. The highest BCUT2D eigenvalue weighted by Crippen LogP contribution is 2.26. The Labute approximate surface area is 251 Å². The highest BCUT2D eigenvalue weighted by molar-refractivity contribution is 7.98. The lowest BCUT2D eigenvalue weighted by Gasteiger charge is -2.35. The average molecular weight is 594 g/mol. The minimum atomic E-state index is -0.287. The number of aromatic nitrogens is 2. The van der Waals surface area contributed by atoms with Crippen LogP contribution in [0.25, 0.3) is 0 Å². The Morgan fingerprint density at radius 1 is 1.05 bits per heavy atom. The van der Waals surface area contributed by atoms with Crippen LogP contribution in [0, 0.1) is 5.92 Å². The van der Waals surface area contributed by atoms with Crippen molar-refractivity contribution in [1.82, 2.24) is 19.8 Å². The van der Waals surface area contributed by atoms with Crippen molar-refractivity contribution in [3.63, 3.8) is 0 Å². The molecule has 5 rings (SSSR count). The summed E-state index contributed by atoms with van der Waals surface area (Å²) < 4.78 is 16.5. The molecule has 4 heterocycles. The monoisotopic (exact) mass is 593 g/mol. The number of piperidine rings is 1. The van der Waals surface area contributed by atoms with E-state index in [0.29, 0.717) is 43.0 Å². The van der Waals surface area contributed by atoms with E-state index >= 15 is 0 Å². The van der Waals surface area contributed by atoms with Gasteiger partial charge in [0, 0.05) is 59.0 Å². The fourth-order valence-electron chi connectivity index (χ4n) is 5.36. The first-order valence-corrected chi connectivity index (χ1v) is 15.6. The average Bonchev–Trinajstić information content (AvgIpc) is 3.50. The van der Waals surface area contributed by atoms with Gasteiger partial charge in [-0.25, -0.2) is 9.97 Å². The number of likely N-dealkylation sites (tertiary alicyclic amines) is 1. The third-order valence-corrected chi connectivity index (χ3v) is 8.40. The summed E-state index contributed by atoms with van der Waals surface area (Å²) in [6.45, 7) is 8.13. The summed E-state index contributed by atoms with van der Waals surface area (Å²) in [6, 6.07) is 16.1. The molecule has 10 nitrogen and oxygen atoms in total. The summed E-state index contributed by atoms with van der Waals surface area (Å²) in [5.74, 6) is 1.60. The highest BCUT2D eigenvalue weighted by Gasteiger charge is 2.31. The van der Waals surface area contributed by atoms with Crippen LogP contribution in [0.3, 0.4) is 0 Å². The van der Waals surface area contributed by atoms with E-state index in [4.69, 9.17) is 18.9 Å². The number of hydrogen-bond donors (Lipinski definition) is 0. The number of nitrogens with zero attached hydrogens (tertiary/aromatic N) is 5. The van der Waals surface area contributed by atoms with Crippen molar-refractivity contribution < 1.29 is 23.5 Å². The van der Waals surface area contributed by atoms with Crippen LogP contribution in [0.2, 0.25) is 0 Å². The van der Waals surface area contributed by atoms with Gasteiger partial charge in [-0.05, 0) is 37.5 Å². The van der Waals surface area contributed by atoms with E-state index in [-0.39, 0.29) is 23.6 Å². The maximum Gasteiger partial charge on any atom is 0.310 e. The Balaban J connectivity index is 1.18. The molecule has 0 unspecified atom stereocenters. The predicted octanol–water partition coefficient (Wildman–Crippen LogP) is 4.25. The molecular formula is C31H39N5O5S. The fraction of sp³-hybridized carbons (Fsp3) is 0.484. The standard InChI is InChI=1S/C31H39N5O5S/c1-3-40-30(38)24-10-7-13-36(20-24)29(37)27-12-11-26(41-27)22-42-31-32-25(21-39-2)18-28(33-31)35-16-14-34(15-17-35)19-23-8-5-4-6-9-23/h4-6,8-9,11-12,18,24H,3,7,10,13-17,19-22H2,1-2H3/t24-/m0/s1. The van der Waals surface area contributed by atoms with Gasteiger partial charge in [0.2, 0.25) is 0 Å². The van der Waals surface area contributed by atoms with Crippen molar-refractivity contribution in [3.05, 3.63) is 71.3 Å². The number of benzene rings is 1. The molecule has 2 aliphatic heterocycles. The second kappa shape index (κ2) is 14.7. The Morgan fingerprint density at radius 3 is 2.62 bits per heavy atom. The van der Waals surface area contributed by atoms with E-state index in [0.717, 1.165) is 57.1 Å². The van der Waals surface area contributed by atoms with Crippen LogP contribution in [-0.4, -0.2) is 84.6 Å². The molecule has 3 aromatic rings. The van der Waals surface area contributed by atoms with Crippen molar-refractivity contribution in [2.75, 3.05) is 57.9 Å². The summed E-state index contributed by atoms with van der Waals surface area (Å²) in [5.41, 5.74) is 2.15. The van der Waals surface area contributed by atoms with Crippen LogP contribution in [0.1, 0.15) is 47.3 Å². The third kappa shape index (κ3) is 7.90. The lowest BCUT2D eigenvalue weighted by molar-refractivity contribution is -0.149. The van der Waals surface area contributed by atoms with Gasteiger partial charge in [0.05, 0.1) is 30.6 Å². The number of methoxy groups -OCH3 is 1. The normalized spacial score (nSPS) is 17.8. The van der Waals surface area contributed by atoms with Crippen LogP contribution in [0.4, 0.5) is 5.82 Å². The van der Waals surface area contributed by atoms with Gasteiger partial charge in [0.25, 0.3) is 5.91 Å². The van der Waals surface area contributed by atoms with Crippen molar-refractivity contribution in [3.8, 4) is 0 Å². The first-order valence-electron chi connectivity index (χ1n) is 14.6. The number of esters is 1. The highest BCUT2D eigenvalue weighted by atomic mass is 32.2. The molecule has 0 spiro atoms. The van der Waals surface area contributed by atoms with E-state index in [1.165, 1.54) is 17.3 Å². The van der Waals surface area contributed by atoms with Crippen molar-refractivity contribution in [2.24, 2.45) is 5.92 Å². The largest absolute Gasteiger partial charge is 0.466 e. The van der Waals surface area contributed by atoms with E-state index in [9.17, 15) is 9.59 Å². The molecule has 0 saturated carbocycles. The van der Waals surface area contributed by atoms with E-state index in [1.54, 1.807) is 25.0 Å². The van der Waals surface area contributed by atoms with Crippen LogP contribution >= 0.6 is 11.8 Å². The molecule has 2 fully saturated rings. The Morgan fingerprint density at radius 2 is 1.86 bits per heavy atom. The Kier molecular flexibility index (Phi) is 10.5. The number of anilines is 1. The van der Waals surface area contributed by atoms with Gasteiger partial charge in [0.1, 0.15) is 11.6 Å². The molecule has 0 aliphatic carbocycles. The smallest absolute Gasteiger partial charge is 0.310 e. The zero-order chi connectivity index (χ0) is 29.3. The lowest BCUT2D eigenvalue weighted by atomic mass is 9.98. The van der Waals surface area contributed by atoms with Crippen LogP contribution in [0.5, 0.6) is 0 Å². The SMILES string of the molecule is CCOC(=O)[C@H]1CCCN(C(=O)c2ccc(CSc3nc(COC)cc(N4CCN(Cc5ccccc5)CC4)n3)o2)C1. The number of piperazine rings is 1. The van der Waals surface area contributed by atoms with Gasteiger partial charge in [-0.2, -0.15) is 0 Å². The van der Waals surface area contributed by atoms with Crippen molar-refractivity contribution in [2.45, 2.75) is 43.8 Å². The summed E-state index contributed by atoms with van der Waals surface area (Å²) in [6.07, 6.45) is 1.49. The summed E-state index contributed by atoms with van der Waals surface area (Å²) in [5, 5.41) is 0.642. The van der Waals surface area contributed by atoms with Gasteiger partial charge in [0.15, 0.2) is 10.9 Å². The molecule has 0 radical (unpaired) electrons. The first-order chi connectivity index (χ1) is 20.5. The molecule has 2 aromatic heterocycles. The number of carbonyl (C=O) groups excluding carboxylic acids is 2. The molecular weight excluding hydrogens is 554 g/mol. The number of furan rings is 1. The number of amides is 1. The quantitative estimate of drug-likeness (QED) is 0.182. The second-order valence-corrected chi connectivity index (χ2v) is 11.5.